The Morgan fingerprint density at radius 1 is 1.19 bits per heavy atom. The first-order valence-electron chi connectivity index (χ1n) is 6.94. The van der Waals surface area contributed by atoms with Gasteiger partial charge in [0.2, 0.25) is 0 Å². The van der Waals surface area contributed by atoms with E-state index in [1.54, 1.807) is 18.2 Å². The highest BCUT2D eigenvalue weighted by molar-refractivity contribution is 5.95. The zero-order chi connectivity index (χ0) is 15.9. The zero-order valence-corrected chi connectivity index (χ0v) is 13.1. The molecule has 0 aliphatic heterocycles. The van der Waals surface area contributed by atoms with Crippen LogP contribution >= 0.6 is 0 Å². The van der Waals surface area contributed by atoms with Crippen LogP contribution in [0.25, 0.3) is 0 Å². The van der Waals surface area contributed by atoms with Gasteiger partial charge < -0.3 is 19.3 Å². The minimum absolute atomic E-state index is 0.112. The summed E-state index contributed by atoms with van der Waals surface area (Å²) in [6.45, 7) is 4.35. The van der Waals surface area contributed by atoms with Gasteiger partial charge in [-0.25, -0.2) is 4.79 Å². The van der Waals surface area contributed by atoms with Crippen molar-refractivity contribution in [2.24, 2.45) is 5.41 Å². The van der Waals surface area contributed by atoms with E-state index in [0.29, 0.717) is 30.1 Å². The Labute approximate surface area is 125 Å². The van der Waals surface area contributed by atoms with E-state index >= 15 is 0 Å². The number of methoxy groups -OCH3 is 2. The quantitative estimate of drug-likeness (QED) is 0.590. The van der Waals surface area contributed by atoms with Crippen molar-refractivity contribution in [3.05, 3.63) is 23.8 Å². The van der Waals surface area contributed by atoms with Crippen LogP contribution in [0.2, 0.25) is 0 Å². The number of esters is 1. The first-order valence-corrected chi connectivity index (χ1v) is 6.94. The number of benzene rings is 1. The van der Waals surface area contributed by atoms with Crippen molar-refractivity contribution >= 4 is 5.97 Å². The number of aliphatic hydroxyl groups excluding tert-OH is 1. The molecule has 1 rings (SSSR count). The molecule has 1 N–H and O–H groups in total. The Hall–Kier alpha value is -1.75. The molecule has 118 valence electrons. The van der Waals surface area contributed by atoms with E-state index in [9.17, 15) is 9.90 Å². The Bertz CT molecular complexity index is 445. The lowest BCUT2D eigenvalue weighted by Gasteiger charge is -2.21. The molecule has 0 atom stereocenters. The molecule has 21 heavy (non-hydrogen) atoms. The third-order valence-electron chi connectivity index (χ3n) is 3.29. The van der Waals surface area contributed by atoms with Gasteiger partial charge in [-0.3, -0.25) is 0 Å². The van der Waals surface area contributed by atoms with Gasteiger partial charge in [-0.15, -0.1) is 0 Å². The highest BCUT2D eigenvalue weighted by Crippen LogP contribution is 2.29. The fraction of sp³-hybridized carbons (Fsp3) is 0.562. The van der Waals surface area contributed by atoms with Crippen LogP contribution in [0.3, 0.4) is 0 Å². The van der Waals surface area contributed by atoms with Crippen molar-refractivity contribution in [1.82, 2.24) is 0 Å². The van der Waals surface area contributed by atoms with Gasteiger partial charge in [0, 0.05) is 6.61 Å². The van der Waals surface area contributed by atoms with Crippen LogP contribution in [0.4, 0.5) is 0 Å². The summed E-state index contributed by atoms with van der Waals surface area (Å²) < 4.78 is 15.6. The molecule has 1 aromatic rings. The van der Waals surface area contributed by atoms with Crippen LogP contribution in [-0.2, 0) is 4.74 Å². The van der Waals surface area contributed by atoms with Gasteiger partial charge in [0.25, 0.3) is 0 Å². The second-order valence-electron chi connectivity index (χ2n) is 5.60. The van der Waals surface area contributed by atoms with Crippen molar-refractivity contribution in [3.63, 3.8) is 0 Å². The van der Waals surface area contributed by atoms with Crippen molar-refractivity contribution in [3.8, 4) is 11.5 Å². The van der Waals surface area contributed by atoms with Crippen molar-refractivity contribution < 1.29 is 24.1 Å². The van der Waals surface area contributed by atoms with Gasteiger partial charge in [-0.05, 0) is 30.4 Å². The number of hydrogen-bond acceptors (Lipinski definition) is 5. The van der Waals surface area contributed by atoms with Crippen LogP contribution in [0.5, 0.6) is 11.5 Å². The van der Waals surface area contributed by atoms with Crippen LogP contribution < -0.4 is 9.47 Å². The Kier molecular flexibility index (Phi) is 6.49. The number of aliphatic hydroxyl groups is 1. The third kappa shape index (κ3) is 4.93. The summed E-state index contributed by atoms with van der Waals surface area (Å²) in [7, 11) is 2.99. The summed E-state index contributed by atoms with van der Waals surface area (Å²) in [5, 5.41) is 9.18. The minimum Gasteiger partial charge on any atom is -0.496 e. The summed E-state index contributed by atoms with van der Waals surface area (Å²) in [5.41, 5.74) is 0.137. The van der Waals surface area contributed by atoms with E-state index in [2.05, 4.69) is 0 Å². The average Bonchev–Trinajstić information content (AvgIpc) is 2.50. The zero-order valence-electron chi connectivity index (χ0n) is 13.1. The molecule has 0 unspecified atom stereocenters. The van der Waals surface area contributed by atoms with Crippen molar-refractivity contribution in [2.75, 3.05) is 27.4 Å². The monoisotopic (exact) mass is 296 g/mol. The molecular formula is C16H24O5. The lowest BCUT2D eigenvalue weighted by Crippen LogP contribution is -2.18. The molecule has 0 saturated heterocycles. The summed E-state index contributed by atoms with van der Waals surface area (Å²) in [6.07, 6.45) is 1.47. The van der Waals surface area contributed by atoms with E-state index in [-0.39, 0.29) is 12.0 Å². The van der Waals surface area contributed by atoms with Crippen molar-refractivity contribution in [1.29, 1.82) is 0 Å². The summed E-state index contributed by atoms with van der Waals surface area (Å²) >= 11 is 0. The molecule has 0 aliphatic rings. The number of ether oxygens (including phenoxy) is 3. The minimum atomic E-state index is -0.467. The average molecular weight is 296 g/mol. The van der Waals surface area contributed by atoms with Gasteiger partial charge in [0.05, 0.1) is 20.8 Å². The maximum Gasteiger partial charge on any atom is 0.345 e. The van der Waals surface area contributed by atoms with E-state index in [1.165, 1.54) is 14.2 Å². The first kappa shape index (κ1) is 17.3. The summed E-state index contributed by atoms with van der Waals surface area (Å²) in [6, 6.07) is 5.13. The van der Waals surface area contributed by atoms with Crippen LogP contribution in [0.15, 0.2) is 18.2 Å². The molecule has 0 bridgehead atoms. The molecule has 0 radical (unpaired) electrons. The second kappa shape index (κ2) is 7.88. The predicted octanol–water partition coefficient (Wildman–Crippen LogP) is 2.66. The summed E-state index contributed by atoms with van der Waals surface area (Å²) in [4.78, 5) is 12.2. The molecule has 0 saturated carbocycles. The Balaban J connectivity index is 2.64. The Morgan fingerprint density at radius 3 is 2.24 bits per heavy atom. The second-order valence-corrected chi connectivity index (χ2v) is 5.60. The lowest BCUT2D eigenvalue weighted by atomic mass is 9.89. The number of rotatable bonds is 8. The standard InChI is InChI=1S/C16H24O5/c1-16(2,11-17)9-6-10-21-15(18)14-12(19-3)7-5-8-13(14)20-4/h5,7-8,17H,6,9-11H2,1-4H3. The van der Waals surface area contributed by atoms with Crippen LogP contribution in [0.1, 0.15) is 37.0 Å². The maximum absolute atomic E-state index is 12.2. The fourth-order valence-electron chi connectivity index (χ4n) is 1.92. The largest absolute Gasteiger partial charge is 0.496 e. The number of carbonyl (C=O) groups excluding carboxylic acids is 1. The normalized spacial score (nSPS) is 11.1. The maximum atomic E-state index is 12.2. The smallest absolute Gasteiger partial charge is 0.345 e. The molecule has 0 fully saturated rings. The first-order chi connectivity index (χ1) is 9.95. The molecule has 0 spiro atoms. The topological polar surface area (TPSA) is 65.0 Å². The van der Waals surface area contributed by atoms with Gasteiger partial charge in [-0.2, -0.15) is 0 Å². The van der Waals surface area contributed by atoms with Crippen molar-refractivity contribution in [2.45, 2.75) is 26.7 Å². The fourth-order valence-corrected chi connectivity index (χ4v) is 1.92. The van der Waals surface area contributed by atoms with E-state index < -0.39 is 5.97 Å². The molecular weight excluding hydrogens is 272 g/mol. The van der Waals surface area contributed by atoms with Crippen LogP contribution in [-0.4, -0.2) is 38.5 Å². The highest BCUT2D eigenvalue weighted by atomic mass is 16.5. The molecule has 1 aromatic carbocycles. The molecule has 0 aliphatic carbocycles. The van der Waals surface area contributed by atoms with Gasteiger partial charge in [0.15, 0.2) is 0 Å². The number of hydrogen-bond donors (Lipinski definition) is 1. The molecule has 5 nitrogen and oxygen atoms in total. The van der Waals surface area contributed by atoms with Crippen LogP contribution in [0, 0.1) is 5.41 Å². The lowest BCUT2D eigenvalue weighted by molar-refractivity contribution is 0.0467. The van der Waals surface area contributed by atoms with E-state index in [1.807, 2.05) is 13.8 Å². The van der Waals surface area contributed by atoms with Gasteiger partial charge in [0.1, 0.15) is 17.1 Å². The van der Waals surface area contributed by atoms with E-state index in [0.717, 1.165) is 6.42 Å². The SMILES string of the molecule is COc1cccc(OC)c1C(=O)OCCCC(C)(C)CO. The van der Waals surface area contributed by atoms with E-state index in [4.69, 9.17) is 14.2 Å². The molecule has 0 heterocycles. The highest BCUT2D eigenvalue weighted by Gasteiger charge is 2.20. The third-order valence-corrected chi connectivity index (χ3v) is 3.29. The molecule has 5 heteroatoms. The summed E-state index contributed by atoms with van der Waals surface area (Å²) in [5.74, 6) is 0.385. The predicted molar refractivity (Wildman–Crippen MR) is 79.9 cm³/mol. The molecule has 0 amide bonds. The van der Waals surface area contributed by atoms with Gasteiger partial charge in [-0.1, -0.05) is 19.9 Å². The molecule has 0 aromatic heterocycles. The van der Waals surface area contributed by atoms with Gasteiger partial charge >= 0.3 is 5.97 Å². The Morgan fingerprint density at radius 2 is 1.76 bits per heavy atom. The number of carbonyl (C=O) groups is 1.